The van der Waals surface area contributed by atoms with E-state index >= 15 is 0 Å². The number of hydrogen-bond acceptors (Lipinski definition) is 3. The van der Waals surface area contributed by atoms with Gasteiger partial charge in [-0.25, -0.2) is 13.8 Å². The van der Waals surface area contributed by atoms with Crippen molar-refractivity contribution in [2.75, 3.05) is 24.5 Å². The molecule has 0 aliphatic rings. The Kier molecular flexibility index (Phi) is 4.04. The molecule has 0 saturated heterocycles. The summed E-state index contributed by atoms with van der Waals surface area (Å²) in [4.78, 5) is 5.75. The van der Waals surface area contributed by atoms with E-state index in [4.69, 9.17) is 5.73 Å². The lowest BCUT2D eigenvalue weighted by Crippen LogP contribution is -2.34. The van der Waals surface area contributed by atoms with Gasteiger partial charge in [0, 0.05) is 24.7 Å². The monoisotopic (exact) mass is 251 g/mol. The molecule has 96 valence electrons. The first-order valence-corrected chi connectivity index (χ1v) is 5.79. The molecule has 0 atom stereocenters. The number of aromatic nitrogens is 1. The Morgan fingerprint density at radius 3 is 2.72 bits per heavy atom. The molecule has 0 radical (unpaired) electrons. The van der Waals surface area contributed by atoms with Crippen LogP contribution in [0.2, 0.25) is 0 Å². The quantitative estimate of drug-likeness (QED) is 0.886. The number of halogens is 2. The molecule has 0 bridgehead atoms. The molecule has 0 aliphatic heterocycles. The van der Waals surface area contributed by atoms with Crippen molar-refractivity contribution in [3.63, 3.8) is 0 Å². The van der Waals surface area contributed by atoms with Crippen LogP contribution in [0, 0.1) is 0 Å². The summed E-state index contributed by atoms with van der Waals surface area (Å²) < 4.78 is 25.2. The smallest absolute Gasteiger partial charge is 0.255 e. The van der Waals surface area contributed by atoms with E-state index in [9.17, 15) is 8.78 Å². The maximum Gasteiger partial charge on any atom is 0.255 e. The zero-order chi connectivity index (χ0) is 13.0. The number of hydrogen-bond donors (Lipinski definition) is 1. The van der Waals surface area contributed by atoms with Crippen molar-refractivity contribution < 1.29 is 8.78 Å². The number of pyridine rings is 1. The normalized spacial score (nSPS) is 11.1. The molecule has 18 heavy (non-hydrogen) atoms. The van der Waals surface area contributed by atoms with Crippen molar-refractivity contribution in [2.45, 2.75) is 6.43 Å². The lowest BCUT2D eigenvalue weighted by atomic mass is 10.1. The van der Waals surface area contributed by atoms with Gasteiger partial charge in [0.05, 0.1) is 6.54 Å². The number of anilines is 1. The Morgan fingerprint density at radius 2 is 2.00 bits per heavy atom. The van der Waals surface area contributed by atoms with Gasteiger partial charge in [0.1, 0.15) is 5.82 Å². The summed E-state index contributed by atoms with van der Waals surface area (Å²) in [6.45, 7) is 0.335. The minimum Gasteiger partial charge on any atom is -0.349 e. The highest BCUT2D eigenvalue weighted by Gasteiger charge is 2.15. The van der Waals surface area contributed by atoms with E-state index in [-0.39, 0.29) is 6.54 Å². The molecule has 3 nitrogen and oxygen atoms in total. The average molecular weight is 251 g/mol. The van der Waals surface area contributed by atoms with E-state index in [0.29, 0.717) is 18.9 Å². The van der Waals surface area contributed by atoms with Crippen LogP contribution in [0.15, 0.2) is 36.5 Å². The maximum absolute atomic E-state index is 12.6. The van der Waals surface area contributed by atoms with E-state index in [1.807, 2.05) is 30.3 Å². The fourth-order valence-corrected chi connectivity index (χ4v) is 1.96. The van der Waals surface area contributed by atoms with Crippen LogP contribution in [0.1, 0.15) is 0 Å². The molecule has 0 amide bonds. The molecule has 1 heterocycles. The minimum atomic E-state index is -2.41. The summed E-state index contributed by atoms with van der Waals surface area (Å²) in [5, 5.41) is 1.85. The van der Waals surface area contributed by atoms with Gasteiger partial charge in [-0.3, -0.25) is 0 Å². The molecule has 0 saturated carbocycles. The molecule has 0 unspecified atom stereocenters. The Morgan fingerprint density at radius 1 is 1.22 bits per heavy atom. The first-order chi connectivity index (χ1) is 8.72. The molecule has 0 aliphatic carbocycles. The Bertz CT molecular complexity index is 511. The molecular formula is C13H15F2N3. The van der Waals surface area contributed by atoms with Crippen molar-refractivity contribution in [3.05, 3.63) is 36.5 Å². The number of nitrogens with two attached hydrogens (primary N) is 1. The van der Waals surface area contributed by atoms with E-state index in [0.717, 1.165) is 10.8 Å². The molecule has 1 aromatic heterocycles. The second kappa shape index (κ2) is 5.73. The highest BCUT2D eigenvalue weighted by molar-refractivity contribution is 5.92. The summed E-state index contributed by atoms with van der Waals surface area (Å²) in [6.07, 6.45) is -0.774. The highest BCUT2D eigenvalue weighted by atomic mass is 19.3. The molecule has 2 rings (SSSR count). The van der Waals surface area contributed by atoms with E-state index in [1.54, 1.807) is 6.20 Å². The van der Waals surface area contributed by atoms with Gasteiger partial charge in [-0.2, -0.15) is 0 Å². The first-order valence-electron chi connectivity index (χ1n) is 5.79. The summed E-state index contributed by atoms with van der Waals surface area (Å²) in [5.41, 5.74) is 5.47. The highest BCUT2D eigenvalue weighted by Crippen LogP contribution is 2.24. The average Bonchev–Trinajstić information content (AvgIpc) is 2.37. The van der Waals surface area contributed by atoms with Gasteiger partial charge in [-0.05, 0) is 11.5 Å². The fourth-order valence-electron chi connectivity index (χ4n) is 1.96. The molecule has 2 aromatic rings. The van der Waals surface area contributed by atoms with Crippen LogP contribution in [0.25, 0.3) is 10.8 Å². The number of nitrogens with zero attached hydrogens (tertiary/aromatic N) is 2. The van der Waals surface area contributed by atoms with Crippen molar-refractivity contribution in [1.82, 2.24) is 4.98 Å². The third-order valence-corrected chi connectivity index (χ3v) is 2.71. The zero-order valence-electron chi connectivity index (χ0n) is 9.89. The number of alkyl halides is 2. The largest absolute Gasteiger partial charge is 0.349 e. The van der Waals surface area contributed by atoms with Gasteiger partial charge in [0.25, 0.3) is 6.43 Å². The summed E-state index contributed by atoms with van der Waals surface area (Å²) >= 11 is 0. The Balaban J connectivity index is 2.43. The lowest BCUT2D eigenvalue weighted by Gasteiger charge is -2.23. The fraction of sp³-hybridized carbons (Fsp3) is 0.308. The van der Waals surface area contributed by atoms with Crippen molar-refractivity contribution in [3.8, 4) is 0 Å². The number of rotatable bonds is 5. The van der Waals surface area contributed by atoms with E-state index < -0.39 is 6.43 Å². The molecule has 0 spiro atoms. The van der Waals surface area contributed by atoms with Gasteiger partial charge < -0.3 is 10.6 Å². The first kappa shape index (κ1) is 12.7. The maximum atomic E-state index is 12.6. The zero-order valence-corrected chi connectivity index (χ0v) is 9.89. The van der Waals surface area contributed by atoms with Crippen molar-refractivity contribution >= 4 is 16.6 Å². The second-order valence-corrected chi connectivity index (χ2v) is 3.98. The second-order valence-electron chi connectivity index (χ2n) is 3.98. The van der Waals surface area contributed by atoms with Gasteiger partial charge in [-0.1, -0.05) is 24.3 Å². The van der Waals surface area contributed by atoms with Crippen molar-refractivity contribution in [1.29, 1.82) is 0 Å². The summed E-state index contributed by atoms with van der Waals surface area (Å²) in [5.74, 6) is 0.568. The lowest BCUT2D eigenvalue weighted by molar-refractivity contribution is 0.155. The number of benzene rings is 1. The van der Waals surface area contributed by atoms with Gasteiger partial charge in [-0.15, -0.1) is 0 Å². The molecule has 0 fully saturated rings. The third kappa shape index (κ3) is 2.73. The molecule has 5 heteroatoms. The van der Waals surface area contributed by atoms with Crippen LogP contribution < -0.4 is 10.6 Å². The predicted molar refractivity (Wildman–Crippen MR) is 69.0 cm³/mol. The predicted octanol–water partition coefficient (Wildman–Crippen LogP) is 2.27. The van der Waals surface area contributed by atoms with Crippen LogP contribution in [0.4, 0.5) is 14.6 Å². The van der Waals surface area contributed by atoms with Gasteiger partial charge in [0.2, 0.25) is 0 Å². The molecule has 2 N–H and O–H groups in total. The van der Waals surface area contributed by atoms with Gasteiger partial charge in [0.15, 0.2) is 0 Å². The number of fused-ring (bicyclic) bond motifs is 1. The van der Waals surface area contributed by atoms with Gasteiger partial charge >= 0.3 is 0 Å². The topological polar surface area (TPSA) is 42.1 Å². The summed E-state index contributed by atoms with van der Waals surface area (Å²) in [6, 6.07) is 9.46. The van der Waals surface area contributed by atoms with Crippen LogP contribution in [0.3, 0.4) is 0 Å². The third-order valence-electron chi connectivity index (χ3n) is 2.71. The standard InChI is InChI=1S/C13H15F2N3/c14-12(15)9-18(8-6-16)13-11-4-2-1-3-10(11)5-7-17-13/h1-5,7,12H,6,8-9,16H2. The van der Waals surface area contributed by atoms with Crippen LogP contribution in [0.5, 0.6) is 0 Å². The minimum absolute atomic E-state index is 0.317. The Labute approximate surface area is 104 Å². The van der Waals surface area contributed by atoms with Crippen molar-refractivity contribution in [2.24, 2.45) is 5.73 Å². The molecular weight excluding hydrogens is 236 g/mol. The van der Waals surface area contributed by atoms with Crippen LogP contribution in [-0.2, 0) is 0 Å². The summed E-state index contributed by atoms with van der Waals surface area (Å²) in [7, 11) is 0. The Hall–Kier alpha value is -1.75. The van der Waals surface area contributed by atoms with Crippen LogP contribution >= 0.6 is 0 Å². The SMILES string of the molecule is NCCN(CC(F)F)c1nccc2ccccc12. The van der Waals surface area contributed by atoms with Crippen LogP contribution in [-0.4, -0.2) is 31.0 Å². The van der Waals surface area contributed by atoms with E-state index in [1.165, 1.54) is 4.90 Å². The van der Waals surface area contributed by atoms with E-state index in [2.05, 4.69) is 4.98 Å². The molecule has 1 aromatic carbocycles.